The highest BCUT2D eigenvalue weighted by Gasteiger charge is 2.57. The predicted octanol–water partition coefficient (Wildman–Crippen LogP) is 2.79. The molecular formula is C17H18F2N2O2. The number of carbonyl (C=O) groups excluding carboxylic acids is 1. The molecule has 1 N–H and O–H groups in total. The van der Waals surface area contributed by atoms with Crippen molar-refractivity contribution < 1.29 is 18.3 Å². The molecule has 2 saturated carbocycles. The van der Waals surface area contributed by atoms with Crippen LogP contribution in [0.3, 0.4) is 0 Å². The molecule has 2 fully saturated rings. The highest BCUT2D eigenvalue weighted by molar-refractivity contribution is 5.83. The van der Waals surface area contributed by atoms with E-state index >= 15 is 0 Å². The zero-order valence-electron chi connectivity index (χ0n) is 12.8. The Morgan fingerprint density at radius 3 is 2.70 bits per heavy atom. The first-order chi connectivity index (χ1) is 10.9. The number of benzene rings is 1. The second kappa shape index (κ2) is 5.80. The molecule has 2 aliphatic rings. The smallest absolute Gasteiger partial charge is 0.225 e. The van der Waals surface area contributed by atoms with Gasteiger partial charge in [-0.1, -0.05) is 6.42 Å². The van der Waals surface area contributed by atoms with Gasteiger partial charge in [-0.3, -0.25) is 4.79 Å². The minimum absolute atomic E-state index is 0.0136. The van der Waals surface area contributed by atoms with Crippen molar-refractivity contribution in [3.8, 4) is 11.8 Å². The van der Waals surface area contributed by atoms with E-state index in [1.54, 1.807) is 6.92 Å². The Bertz CT molecular complexity index is 663. The lowest BCUT2D eigenvalue weighted by atomic mass is 10.0. The summed E-state index contributed by atoms with van der Waals surface area (Å²) in [6.07, 6.45) is 3.34. The van der Waals surface area contributed by atoms with E-state index in [2.05, 4.69) is 5.32 Å². The summed E-state index contributed by atoms with van der Waals surface area (Å²) in [7, 11) is 0. The van der Waals surface area contributed by atoms with Gasteiger partial charge in [-0.15, -0.1) is 0 Å². The third-order valence-electron chi connectivity index (χ3n) is 4.77. The van der Waals surface area contributed by atoms with Crippen LogP contribution in [-0.4, -0.2) is 18.1 Å². The van der Waals surface area contributed by atoms with E-state index < -0.39 is 17.2 Å². The summed E-state index contributed by atoms with van der Waals surface area (Å²) >= 11 is 0. The van der Waals surface area contributed by atoms with Gasteiger partial charge in [-0.05, 0) is 43.7 Å². The number of amides is 1. The van der Waals surface area contributed by atoms with Gasteiger partial charge in [-0.25, -0.2) is 8.78 Å². The highest BCUT2D eigenvalue weighted by atomic mass is 19.2. The van der Waals surface area contributed by atoms with E-state index in [9.17, 15) is 18.8 Å². The van der Waals surface area contributed by atoms with Gasteiger partial charge in [0, 0.05) is 12.0 Å². The maximum Gasteiger partial charge on any atom is 0.225 e. The number of nitriles is 1. The molecular weight excluding hydrogens is 302 g/mol. The molecule has 3 rings (SSSR count). The number of rotatable bonds is 5. The fourth-order valence-corrected chi connectivity index (χ4v) is 3.46. The molecule has 0 aliphatic heterocycles. The molecule has 1 amide bonds. The first-order valence-electron chi connectivity index (χ1n) is 7.75. The normalized spacial score (nSPS) is 27.5. The number of hydrogen-bond acceptors (Lipinski definition) is 3. The molecule has 0 bridgehead atoms. The topological polar surface area (TPSA) is 62.1 Å². The third kappa shape index (κ3) is 3.14. The van der Waals surface area contributed by atoms with Crippen molar-refractivity contribution in [1.82, 2.24) is 5.32 Å². The molecule has 0 spiro atoms. The first-order valence-corrected chi connectivity index (χ1v) is 7.75. The Morgan fingerprint density at radius 2 is 2.09 bits per heavy atom. The molecule has 0 heterocycles. The van der Waals surface area contributed by atoms with Gasteiger partial charge in [0.15, 0.2) is 17.2 Å². The maximum absolute atomic E-state index is 13.1. The fourth-order valence-electron chi connectivity index (χ4n) is 3.46. The number of nitrogens with one attached hydrogen (secondary N) is 1. The second-order valence-electron chi connectivity index (χ2n) is 6.58. The molecule has 122 valence electrons. The molecule has 0 radical (unpaired) electrons. The van der Waals surface area contributed by atoms with Gasteiger partial charge in [0.2, 0.25) is 5.91 Å². The van der Waals surface area contributed by atoms with Crippen LogP contribution in [0.1, 0.15) is 26.2 Å². The van der Waals surface area contributed by atoms with Crippen LogP contribution in [-0.2, 0) is 4.79 Å². The Hall–Kier alpha value is -2.16. The average molecular weight is 320 g/mol. The van der Waals surface area contributed by atoms with Crippen molar-refractivity contribution in [2.24, 2.45) is 17.8 Å². The van der Waals surface area contributed by atoms with Gasteiger partial charge in [0.25, 0.3) is 0 Å². The van der Waals surface area contributed by atoms with Crippen LogP contribution in [0.25, 0.3) is 0 Å². The number of nitrogens with zero attached hydrogens (tertiary/aromatic N) is 1. The summed E-state index contributed by atoms with van der Waals surface area (Å²) in [5.41, 5.74) is -1.21. The minimum atomic E-state index is -1.21. The Balaban J connectivity index is 1.58. The summed E-state index contributed by atoms with van der Waals surface area (Å²) in [6, 6.07) is 5.18. The predicted molar refractivity (Wildman–Crippen MR) is 78.3 cm³/mol. The van der Waals surface area contributed by atoms with Crippen LogP contribution >= 0.6 is 0 Å². The van der Waals surface area contributed by atoms with Crippen molar-refractivity contribution in [2.45, 2.75) is 31.7 Å². The number of hydrogen-bond donors (Lipinski definition) is 1. The SMILES string of the molecule is C[C@](C#N)(COc1ccc(F)c(F)c1)NC(=O)C1[C@H]2CCC[C@@H]12. The summed E-state index contributed by atoms with van der Waals surface area (Å²) in [4.78, 5) is 12.3. The monoisotopic (exact) mass is 320 g/mol. The minimum Gasteiger partial charge on any atom is -0.490 e. The Morgan fingerprint density at radius 1 is 1.39 bits per heavy atom. The quantitative estimate of drug-likeness (QED) is 0.907. The van der Waals surface area contributed by atoms with Crippen molar-refractivity contribution in [2.75, 3.05) is 6.61 Å². The van der Waals surface area contributed by atoms with Crippen molar-refractivity contribution in [3.63, 3.8) is 0 Å². The standard InChI is InChI=1S/C17H18F2N2O2/c1-17(8-20,9-23-10-5-6-13(18)14(19)7-10)21-16(22)15-11-3-2-4-12(11)15/h5-7,11-12,15H,2-4,9H2,1H3,(H,21,22)/t11-,12+,15?,17-/m0/s1. The summed E-state index contributed by atoms with van der Waals surface area (Å²) in [6.45, 7) is 1.42. The molecule has 0 saturated heterocycles. The molecule has 4 atom stereocenters. The van der Waals surface area contributed by atoms with Gasteiger partial charge in [-0.2, -0.15) is 5.26 Å². The van der Waals surface area contributed by atoms with E-state index in [0.717, 1.165) is 25.0 Å². The van der Waals surface area contributed by atoms with E-state index in [0.29, 0.717) is 11.8 Å². The molecule has 4 nitrogen and oxygen atoms in total. The average Bonchev–Trinajstić information content (AvgIpc) is 3.02. The lowest BCUT2D eigenvalue weighted by Crippen LogP contribution is -2.50. The number of halogens is 2. The molecule has 1 aromatic carbocycles. The van der Waals surface area contributed by atoms with Crippen LogP contribution in [0.15, 0.2) is 18.2 Å². The zero-order chi connectivity index (χ0) is 16.6. The van der Waals surface area contributed by atoms with E-state index in [1.165, 1.54) is 12.5 Å². The maximum atomic E-state index is 13.1. The van der Waals surface area contributed by atoms with E-state index in [4.69, 9.17) is 4.74 Å². The number of fused-ring (bicyclic) bond motifs is 1. The molecule has 0 aromatic heterocycles. The van der Waals surface area contributed by atoms with Crippen LogP contribution in [0.5, 0.6) is 5.75 Å². The summed E-state index contributed by atoms with van der Waals surface area (Å²) < 4.78 is 31.4. The van der Waals surface area contributed by atoms with Crippen LogP contribution in [0.2, 0.25) is 0 Å². The molecule has 1 unspecified atom stereocenters. The van der Waals surface area contributed by atoms with E-state index in [1.807, 2.05) is 6.07 Å². The second-order valence-corrected chi connectivity index (χ2v) is 6.58. The van der Waals surface area contributed by atoms with Gasteiger partial charge in [0.1, 0.15) is 12.4 Å². The van der Waals surface area contributed by atoms with Crippen molar-refractivity contribution >= 4 is 5.91 Å². The van der Waals surface area contributed by atoms with Crippen molar-refractivity contribution in [1.29, 1.82) is 5.26 Å². The van der Waals surface area contributed by atoms with Crippen LogP contribution < -0.4 is 10.1 Å². The van der Waals surface area contributed by atoms with Gasteiger partial charge >= 0.3 is 0 Å². The molecule has 1 aromatic rings. The first kappa shape index (κ1) is 15.7. The lowest BCUT2D eigenvalue weighted by Gasteiger charge is -2.24. The third-order valence-corrected chi connectivity index (χ3v) is 4.77. The summed E-state index contributed by atoms with van der Waals surface area (Å²) in [5.74, 6) is -1.04. The number of carbonyl (C=O) groups is 1. The van der Waals surface area contributed by atoms with Crippen LogP contribution in [0, 0.1) is 40.7 Å². The van der Waals surface area contributed by atoms with E-state index in [-0.39, 0.29) is 24.2 Å². The highest BCUT2D eigenvalue weighted by Crippen LogP contribution is 2.57. The Kier molecular flexibility index (Phi) is 3.97. The number of ether oxygens (including phenoxy) is 1. The van der Waals surface area contributed by atoms with Gasteiger partial charge < -0.3 is 10.1 Å². The Labute approximate surface area is 133 Å². The fraction of sp³-hybridized carbons (Fsp3) is 0.529. The molecule has 23 heavy (non-hydrogen) atoms. The molecule has 6 heteroatoms. The van der Waals surface area contributed by atoms with Crippen molar-refractivity contribution in [3.05, 3.63) is 29.8 Å². The molecule has 2 aliphatic carbocycles. The zero-order valence-corrected chi connectivity index (χ0v) is 12.8. The lowest BCUT2D eigenvalue weighted by molar-refractivity contribution is -0.124. The van der Waals surface area contributed by atoms with Crippen LogP contribution in [0.4, 0.5) is 8.78 Å². The summed E-state index contributed by atoms with van der Waals surface area (Å²) in [5, 5.41) is 12.1. The largest absolute Gasteiger partial charge is 0.490 e. The van der Waals surface area contributed by atoms with Gasteiger partial charge in [0.05, 0.1) is 6.07 Å².